The van der Waals surface area contributed by atoms with Crippen molar-refractivity contribution in [1.82, 2.24) is 19.9 Å². The van der Waals surface area contributed by atoms with Crippen LogP contribution in [0.15, 0.2) is 24.7 Å². The van der Waals surface area contributed by atoms with Gasteiger partial charge in [0.1, 0.15) is 12.1 Å². The van der Waals surface area contributed by atoms with Crippen molar-refractivity contribution in [2.24, 2.45) is 5.41 Å². The van der Waals surface area contributed by atoms with Gasteiger partial charge in [-0.25, -0.2) is 19.9 Å². The highest BCUT2D eigenvalue weighted by Gasteiger charge is 2.27. The molecule has 2 aromatic heterocycles. The molecule has 3 rings (SSSR count). The lowest BCUT2D eigenvalue weighted by Gasteiger charge is -2.33. The van der Waals surface area contributed by atoms with Gasteiger partial charge in [0, 0.05) is 32.0 Å². The first-order chi connectivity index (χ1) is 10.6. The largest absolute Gasteiger partial charge is 0.384 e. The van der Waals surface area contributed by atoms with Gasteiger partial charge in [0.2, 0.25) is 5.95 Å². The quantitative estimate of drug-likeness (QED) is 0.887. The Morgan fingerprint density at radius 2 is 2.05 bits per heavy atom. The molecule has 0 aromatic carbocycles. The molecule has 116 valence electrons. The van der Waals surface area contributed by atoms with Crippen molar-refractivity contribution in [2.75, 3.05) is 30.8 Å². The lowest BCUT2D eigenvalue weighted by atomic mass is 9.82. The molecular formula is C15H20N6O. The van der Waals surface area contributed by atoms with Crippen LogP contribution in [-0.4, -0.2) is 39.7 Å². The molecule has 1 fully saturated rings. The average molecular weight is 300 g/mol. The first-order valence-electron chi connectivity index (χ1n) is 7.37. The maximum atomic E-state index is 5.69. The van der Waals surface area contributed by atoms with E-state index >= 15 is 0 Å². The Morgan fingerprint density at radius 3 is 2.82 bits per heavy atom. The summed E-state index contributed by atoms with van der Waals surface area (Å²) in [5.41, 5.74) is 7.32. The second kappa shape index (κ2) is 6.23. The fourth-order valence-electron chi connectivity index (χ4n) is 2.43. The topological polar surface area (TPSA) is 98.8 Å². The number of nitrogens with one attached hydrogen (secondary N) is 1. The second-order valence-electron chi connectivity index (χ2n) is 5.87. The molecule has 0 spiro atoms. The fraction of sp³-hybridized carbons (Fsp3) is 0.467. The van der Waals surface area contributed by atoms with Crippen LogP contribution in [0.3, 0.4) is 0 Å². The molecule has 2 aromatic rings. The number of anilines is 2. The Kier molecular flexibility index (Phi) is 4.15. The van der Waals surface area contributed by atoms with Crippen molar-refractivity contribution in [2.45, 2.75) is 19.8 Å². The van der Waals surface area contributed by atoms with Crippen LogP contribution in [0.2, 0.25) is 0 Å². The average Bonchev–Trinajstić information content (AvgIpc) is 2.54. The molecule has 0 unspecified atom stereocenters. The molecule has 3 heterocycles. The SMILES string of the molecule is CC1(CNc2nccc(-c3cc(N)ncn3)n2)CCOCC1. The highest BCUT2D eigenvalue weighted by Crippen LogP contribution is 2.29. The van der Waals surface area contributed by atoms with E-state index in [0.29, 0.717) is 17.5 Å². The molecule has 0 saturated carbocycles. The maximum absolute atomic E-state index is 5.69. The Labute approximate surface area is 129 Å². The van der Waals surface area contributed by atoms with E-state index < -0.39 is 0 Å². The van der Waals surface area contributed by atoms with Crippen LogP contribution >= 0.6 is 0 Å². The molecule has 1 saturated heterocycles. The summed E-state index contributed by atoms with van der Waals surface area (Å²) >= 11 is 0. The van der Waals surface area contributed by atoms with Gasteiger partial charge in [-0.05, 0) is 24.3 Å². The van der Waals surface area contributed by atoms with Crippen molar-refractivity contribution in [3.63, 3.8) is 0 Å². The van der Waals surface area contributed by atoms with Gasteiger partial charge in [0.25, 0.3) is 0 Å². The molecule has 0 atom stereocenters. The summed E-state index contributed by atoms with van der Waals surface area (Å²) in [7, 11) is 0. The lowest BCUT2D eigenvalue weighted by Crippen LogP contribution is -2.33. The standard InChI is InChI=1S/C15H20N6O/c1-15(3-6-22-7-4-15)9-18-14-17-5-2-11(21-14)12-8-13(16)20-10-19-12/h2,5,8,10H,3-4,6-7,9H2,1H3,(H2,16,19,20)(H,17,18,21). The predicted molar refractivity (Wildman–Crippen MR) is 84.1 cm³/mol. The Balaban J connectivity index is 1.71. The number of ether oxygens (including phenoxy) is 1. The van der Waals surface area contributed by atoms with Crippen LogP contribution in [0.5, 0.6) is 0 Å². The van der Waals surface area contributed by atoms with E-state index in [0.717, 1.165) is 38.3 Å². The van der Waals surface area contributed by atoms with Gasteiger partial charge in [0.15, 0.2) is 0 Å². The van der Waals surface area contributed by atoms with Gasteiger partial charge in [-0.15, -0.1) is 0 Å². The van der Waals surface area contributed by atoms with E-state index in [1.807, 2.05) is 6.07 Å². The number of rotatable bonds is 4. The smallest absolute Gasteiger partial charge is 0.223 e. The van der Waals surface area contributed by atoms with E-state index in [4.69, 9.17) is 10.5 Å². The van der Waals surface area contributed by atoms with Crippen molar-refractivity contribution in [3.05, 3.63) is 24.7 Å². The van der Waals surface area contributed by atoms with E-state index in [-0.39, 0.29) is 5.41 Å². The van der Waals surface area contributed by atoms with Gasteiger partial charge in [-0.3, -0.25) is 0 Å². The first kappa shape index (κ1) is 14.6. The Hall–Kier alpha value is -2.28. The second-order valence-corrected chi connectivity index (χ2v) is 5.87. The van der Waals surface area contributed by atoms with E-state index in [2.05, 4.69) is 32.2 Å². The van der Waals surface area contributed by atoms with Crippen molar-refractivity contribution < 1.29 is 4.74 Å². The summed E-state index contributed by atoms with van der Waals surface area (Å²) in [4.78, 5) is 16.9. The molecule has 7 heteroatoms. The van der Waals surface area contributed by atoms with Crippen LogP contribution in [0.25, 0.3) is 11.4 Å². The van der Waals surface area contributed by atoms with Crippen molar-refractivity contribution in [1.29, 1.82) is 0 Å². The molecule has 0 radical (unpaired) electrons. The van der Waals surface area contributed by atoms with E-state index in [1.165, 1.54) is 6.33 Å². The number of hydrogen-bond acceptors (Lipinski definition) is 7. The third-order valence-electron chi connectivity index (χ3n) is 3.98. The summed E-state index contributed by atoms with van der Waals surface area (Å²) in [6.07, 6.45) is 5.24. The minimum Gasteiger partial charge on any atom is -0.384 e. The summed E-state index contributed by atoms with van der Waals surface area (Å²) in [6, 6.07) is 3.51. The van der Waals surface area contributed by atoms with Crippen LogP contribution in [0.1, 0.15) is 19.8 Å². The highest BCUT2D eigenvalue weighted by molar-refractivity contribution is 5.58. The predicted octanol–water partition coefficient (Wildman–Crippen LogP) is 1.74. The van der Waals surface area contributed by atoms with Crippen molar-refractivity contribution in [3.8, 4) is 11.4 Å². The van der Waals surface area contributed by atoms with Gasteiger partial charge in [-0.1, -0.05) is 6.92 Å². The minimum absolute atomic E-state index is 0.219. The molecule has 3 N–H and O–H groups in total. The number of hydrogen-bond donors (Lipinski definition) is 2. The molecule has 22 heavy (non-hydrogen) atoms. The fourth-order valence-corrected chi connectivity index (χ4v) is 2.43. The molecule has 0 amide bonds. The molecule has 1 aliphatic rings. The molecule has 0 bridgehead atoms. The van der Waals surface area contributed by atoms with Crippen LogP contribution in [-0.2, 0) is 4.74 Å². The number of nitrogen functional groups attached to an aromatic ring is 1. The van der Waals surface area contributed by atoms with Crippen molar-refractivity contribution >= 4 is 11.8 Å². The van der Waals surface area contributed by atoms with Gasteiger partial charge in [0.05, 0.1) is 11.4 Å². The first-order valence-corrected chi connectivity index (χ1v) is 7.37. The van der Waals surface area contributed by atoms with Crippen LogP contribution in [0, 0.1) is 5.41 Å². The monoisotopic (exact) mass is 300 g/mol. The normalized spacial score (nSPS) is 17.1. The maximum Gasteiger partial charge on any atom is 0.223 e. The summed E-state index contributed by atoms with van der Waals surface area (Å²) in [5.74, 6) is 1.02. The van der Waals surface area contributed by atoms with Gasteiger partial charge in [-0.2, -0.15) is 0 Å². The number of nitrogens with zero attached hydrogens (tertiary/aromatic N) is 4. The number of nitrogens with two attached hydrogens (primary N) is 1. The summed E-state index contributed by atoms with van der Waals surface area (Å²) in [6.45, 7) is 4.72. The third-order valence-corrected chi connectivity index (χ3v) is 3.98. The van der Waals surface area contributed by atoms with E-state index in [1.54, 1.807) is 12.3 Å². The molecule has 0 aliphatic carbocycles. The summed E-state index contributed by atoms with van der Waals surface area (Å²) in [5, 5.41) is 3.33. The number of aromatic nitrogens is 4. The summed E-state index contributed by atoms with van der Waals surface area (Å²) < 4.78 is 5.42. The Bertz CT molecular complexity index is 641. The lowest BCUT2D eigenvalue weighted by molar-refractivity contribution is 0.0299. The van der Waals surface area contributed by atoms with Crippen LogP contribution in [0.4, 0.5) is 11.8 Å². The van der Waals surface area contributed by atoms with Gasteiger partial charge >= 0.3 is 0 Å². The van der Waals surface area contributed by atoms with Crippen LogP contribution < -0.4 is 11.1 Å². The Morgan fingerprint density at radius 1 is 1.23 bits per heavy atom. The zero-order valence-electron chi connectivity index (χ0n) is 12.6. The van der Waals surface area contributed by atoms with E-state index in [9.17, 15) is 0 Å². The third kappa shape index (κ3) is 3.48. The minimum atomic E-state index is 0.219. The molecular weight excluding hydrogens is 280 g/mol. The molecule has 1 aliphatic heterocycles. The zero-order chi connectivity index (χ0) is 15.4. The van der Waals surface area contributed by atoms with Gasteiger partial charge < -0.3 is 15.8 Å². The zero-order valence-corrected chi connectivity index (χ0v) is 12.6. The molecule has 7 nitrogen and oxygen atoms in total. The highest BCUT2D eigenvalue weighted by atomic mass is 16.5.